The van der Waals surface area contributed by atoms with Gasteiger partial charge in [-0.25, -0.2) is 9.50 Å². The molecule has 0 aliphatic carbocycles. The van der Waals surface area contributed by atoms with Gasteiger partial charge in [-0.3, -0.25) is 4.79 Å². The number of anilines is 1. The predicted molar refractivity (Wildman–Crippen MR) is 99.4 cm³/mol. The summed E-state index contributed by atoms with van der Waals surface area (Å²) in [4.78, 5) is 19.9. The average Bonchev–Trinajstić information content (AvgIpc) is 3.06. The third kappa shape index (κ3) is 4.70. The molecule has 29 heavy (non-hydrogen) atoms. The number of aromatic nitrogens is 4. The number of benzene rings is 1. The highest BCUT2D eigenvalue weighted by atomic mass is 19.4. The van der Waals surface area contributed by atoms with Crippen molar-refractivity contribution < 1.29 is 22.7 Å². The zero-order chi connectivity index (χ0) is 21.2. The molecule has 154 valence electrons. The van der Waals surface area contributed by atoms with Crippen LogP contribution in [0.4, 0.5) is 18.9 Å². The highest BCUT2D eigenvalue weighted by Crippen LogP contribution is 2.27. The number of aryl methyl sites for hydroxylation is 2. The van der Waals surface area contributed by atoms with E-state index < -0.39 is 12.0 Å². The standard InChI is InChI=1S/C19H20F3N5O2/c1-11-15(12(2)27-18(23-11)25-17(26-27)19(20,21)22)7-8-16(28)24-14-6-4-5-13(9-14)10-29-3/h4-6,9H,7-8,10H2,1-3H3,(H,24,28). The Hall–Kier alpha value is -3.01. The summed E-state index contributed by atoms with van der Waals surface area (Å²) in [5, 5.41) is 6.33. The van der Waals surface area contributed by atoms with Gasteiger partial charge in [0.1, 0.15) is 0 Å². The number of rotatable bonds is 6. The Morgan fingerprint density at radius 3 is 2.69 bits per heavy atom. The number of nitrogens with zero attached hydrogens (tertiary/aromatic N) is 4. The fourth-order valence-corrected chi connectivity index (χ4v) is 3.06. The van der Waals surface area contributed by atoms with E-state index in [9.17, 15) is 18.0 Å². The lowest BCUT2D eigenvalue weighted by Gasteiger charge is -2.11. The first kappa shape index (κ1) is 20.7. The van der Waals surface area contributed by atoms with Crippen molar-refractivity contribution in [1.29, 1.82) is 0 Å². The Morgan fingerprint density at radius 1 is 1.24 bits per heavy atom. The van der Waals surface area contributed by atoms with E-state index in [1.807, 2.05) is 18.2 Å². The second-order valence-electron chi connectivity index (χ2n) is 6.59. The van der Waals surface area contributed by atoms with Crippen LogP contribution in [-0.4, -0.2) is 32.6 Å². The minimum absolute atomic E-state index is 0.115. The molecule has 0 bridgehead atoms. The largest absolute Gasteiger partial charge is 0.453 e. The van der Waals surface area contributed by atoms with E-state index in [-0.39, 0.29) is 18.1 Å². The van der Waals surface area contributed by atoms with Gasteiger partial charge in [0.15, 0.2) is 0 Å². The Kier molecular flexibility index (Phi) is 5.83. The maximum Gasteiger partial charge on any atom is 0.453 e. The summed E-state index contributed by atoms with van der Waals surface area (Å²) in [5.41, 5.74) is 3.24. The highest BCUT2D eigenvalue weighted by molar-refractivity contribution is 5.90. The number of alkyl halides is 3. The van der Waals surface area contributed by atoms with Crippen LogP contribution in [0.2, 0.25) is 0 Å². The first-order chi connectivity index (χ1) is 13.7. The first-order valence-electron chi connectivity index (χ1n) is 8.87. The average molecular weight is 407 g/mol. The molecule has 0 aliphatic heterocycles. The Morgan fingerprint density at radius 2 is 2.00 bits per heavy atom. The number of fused-ring (bicyclic) bond motifs is 1. The van der Waals surface area contributed by atoms with Crippen LogP contribution in [-0.2, 0) is 28.7 Å². The molecule has 3 aromatic rings. The van der Waals surface area contributed by atoms with Crippen LogP contribution in [0.5, 0.6) is 0 Å². The van der Waals surface area contributed by atoms with Gasteiger partial charge in [-0.05, 0) is 43.5 Å². The number of carbonyl (C=O) groups excluding carboxylic acids is 1. The van der Waals surface area contributed by atoms with Gasteiger partial charge >= 0.3 is 6.18 Å². The summed E-state index contributed by atoms with van der Waals surface area (Å²) in [7, 11) is 1.59. The summed E-state index contributed by atoms with van der Waals surface area (Å²) in [5.74, 6) is -1.57. The van der Waals surface area contributed by atoms with E-state index in [0.29, 0.717) is 35.7 Å². The van der Waals surface area contributed by atoms with Crippen LogP contribution in [0, 0.1) is 13.8 Å². The Labute approximate surface area is 164 Å². The molecule has 0 saturated heterocycles. The lowest BCUT2D eigenvalue weighted by molar-refractivity contribution is -0.144. The van der Waals surface area contributed by atoms with Gasteiger partial charge in [0, 0.05) is 30.6 Å². The van der Waals surface area contributed by atoms with Crippen LogP contribution in [0.1, 0.15) is 34.8 Å². The van der Waals surface area contributed by atoms with Crippen LogP contribution >= 0.6 is 0 Å². The summed E-state index contributed by atoms with van der Waals surface area (Å²) in [6.07, 6.45) is -4.19. The molecule has 2 heterocycles. The number of hydrogen-bond acceptors (Lipinski definition) is 5. The number of carbonyl (C=O) groups is 1. The molecular formula is C19H20F3N5O2. The van der Waals surface area contributed by atoms with E-state index in [1.165, 1.54) is 0 Å². The maximum absolute atomic E-state index is 12.9. The van der Waals surface area contributed by atoms with Crippen LogP contribution in [0.15, 0.2) is 24.3 Å². The monoisotopic (exact) mass is 407 g/mol. The van der Waals surface area contributed by atoms with Gasteiger partial charge in [0.25, 0.3) is 11.6 Å². The molecule has 0 fully saturated rings. The summed E-state index contributed by atoms with van der Waals surface area (Å²) in [6.45, 7) is 3.75. The van der Waals surface area contributed by atoms with Crippen molar-refractivity contribution in [2.24, 2.45) is 0 Å². The van der Waals surface area contributed by atoms with Crippen molar-refractivity contribution >= 4 is 17.4 Å². The molecule has 0 radical (unpaired) electrons. The Balaban J connectivity index is 1.74. The fourth-order valence-electron chi connectivity index (χ4n) is 3.06. The molecule has 7 nitrogen and oxygen atoms in total. The molecule has 0 atom stereocenters. The van der Waals surface area contributed by atoms with Crippen molar-refractivity contribution in [2.45, 2.75) is 39.5 Å². The summed E-state index contributed by atoms with van der Waals surface area (Å²) < 4.78 is 44.7. The highest BCUT2D eigenvalue weighted by Gasteiger charge is 2.36. The minimum Gasteiger partial charge on any atom is -0.380 e. The van der Waals surface area contributed by atoms with Crippen LogP contribution in [0.25, 0.3) is 5.78 Å². The second-order valence-corrected chi connectivity index (χ2v) is 6.59. The zero-order valence-corrected chi connectivity index (χ0v) is 16.2. The van der Waals surface area contributed by atoms with Gasteiger partial charge < -0.3 is 10.1 Å². The van der Waals surface area contributed by atoms with Crippen molar-refractivity contribution in [3.8, 4) is 0 Å². The van der Waals surface area contributed by atoms with Crippen molar-refractivity contribution in [2.75, 3.05) is 12.4 Å². The SMILES string of the molecule is COCc1cccc(NC(=O)CCc2c(C)nc3nc(C(F)(F)F)nn3c2C)c1. The van der Waals surface area contributed by atoms with Gasteiger partial charge in [-0.15, -0.1) is 5.10 Å². The second kappa shape index (κ2) is 8.16. The number of amides is 1. The predicted octanol–water partition coefficient (Wildman–Crippen LogP) is 3.48. The minimum atomic E-state index is -4.65. The molecule has 10 heteroatoms. The molecule has 1 N–H and O–H groups in total. The molecule has 0 spiro atoms. The van der Waals surface area contributed by atoms with E-state index in [2.05, 4.69) is 20.4 Å². The van der Waals surface area contributed by atoms with Gasteiger partial charge in [0.05, 0.1) is 6.61 Å². The number of hydrogen-bond donors (Lipinski definition) is 1. The summed E-state index contributed by atoms with van der Waals surface area (Å²) in [6, 6.07) is 7.30. The van der Waals surface area contributed by atoms with Crippen molar-refractivity contribution in [3.63, 3.8) is 0 Å². The first-order valence-corrected chi connectivity index (χ1v) is 8.87. The van der Waals surface area contributed by atoms with E-state index in [4.69, 9.17) is 4.74 Å². The van der Waals surface area contributed by atoms with Crippen molar-refractivity contribution in [3.05, 3.63) is 52.6 Å². The number of halogens is 3. The number of methoxy groups -OCH3 is 1. The molecule has 3 rings (SSSR count). The molecule has 2 aromatic heterocycles. The molecule has 1 aromatic carbocycles. The molecule has 0 saturated carbocycles. The Bertz CT molecular complexity index is 1050. The van der Waals surface area contributed by atoms with E-state index >= 15 is 0 Å². The number of ether oxygens (including phenoxy) is 1. The number of nitrogens with one attached hydrogen (secondary N) is 1. The van der Waals surface area contributed by atoms with Crippen LogP contribution < -0.4 is 5.32 Å². The molecule has 0 unspecified atom stereocenters. The van der Waals surface area contributed by atoms with Crippen molar-refractivity contribution in [1.82, 2.24) is 19.6 Å². The smallest absolute Gasteiger partial charge is 0.380 e. The molecule has 1 amide bonds. The van der Waals surface area contributed by atoms with E-state index in [0.717, 1.165) is 10.1 Å². The van der Waals surface area contributed by atoms with Gasteiger partial charge in [-0.1, -0.05) is 12.1 Å². The maximum atomic E-state index is 12.9. The van der Waals surface area contributed by atoms with E-state index in [1.54, 1.807) is 27.0 Å². The normalized spacial score (nSPS) is 11.8. The third-order valence-electron chi connectivity index (χ3n) is 4.43. The van der Waals surface area contributed by atoms with Gasteiger partial charge in [-0.2, -0.15) is 18.2 Å². The van der Waals surface area contributed by atoms with Crippen LogP contribution in [0.3, 0.4) is 0 Å². The quantitative estimate of drug-likeness (QED) is 0.677. The van der Waals surface area contributed by atoms with Gasteiger partial charge in [0.2, 0.25) is 5.91 Å². The topological polar surface area (TPSA) is 81.4 Å². The lowest BCUT2D eigenvalue weighted by Crippen LogP contribution is -2.14. The molecule has 0 aliphatic rings. The summed E-state index contributed by atoms with van der Waals surface area (Å²) >= 11 is 0. The third-order valence-corrected chi connectivity index (χ3v) is 4.43. The molecular weight excluding hydrogens is 387 g/mol. The zero-order valence-electron chi connectivity index (χ0n) is 16.2. The fraction of sp³-hybridized carbons (Fsp3) is 0.368. The lowest BCUT2D eigenvalue weighted by atomic mass is 10.1.